The van der Waals surface area contributed by atoms with Crippen LogP contribution in [0.4, 0.5) is 11.4 Å². The van der Waals surface area contributed by atoms with Gasteiger partial charge >= 0.3 is 0 Å². The fourth-order valence-corrected chi connectivity index (χ4v) is 4.88. The van der Waals surface area contributed by atoms with Crippen molar-refractivity contribution in [2.45, 2.75) is 18.9 Å². The average Bonchev–Trinajstić information content (AvgIpc) is 3.15. The largest absolute Gasteiger partial charge is 0.348 e. The number of benzene rings is 2. The number of piperazine rings is 1. The summed E-state index contributed by atoms with van der Waals surface area (Å²) in [6, 6.07) is 19.6. The molecule has 4 rings (SSSR count). The van der Waals surface area contributed by atoms with Crippen LogP contribution in [0.1, 0.15) is 24.4 Å². The highest BCUT2D eigenvalue weighted by Gasteiger charge is 2.31. The third-order valence-electron chi connectivity index (χ3n) is 7.01. The molecule has 2 aliphatic heterocycles. The molecule has 0 aliphatic carbocycles. The van der Waals surface area contributed by atoms with E-state index in [9.17, 15) is 14.9 Å². The number of hydrogen-bond acceptors (Lipinski definition) is 7. The second kappa shape index (κ2) is 11.4. The molecular formula is C28H34N6O2. The zero-order valence-corrected chi connectivity index (χ0v) is 21.3. The van der Waals surface area contributed by atoms with Gasteiger partial charge in [-0.25, -0.2) is 0 Å². The van der Waals surface area contributed by atoms with Crippen molar-refractivity contribution in [2.75, 3.05) is 63.7 Å². The van der Waals surface area contributed by atoms with Gasteiger partial charge in [0.05, 0.1) is 17.4 Å². The van der Waals surface area contributed by atoms with Crippen LogP contribution in [-0.2, 0) is 9.59 Å². The van der Waals surface area contributed by atoms with E-state index in [1.807, 2.05) is 78.5 Å². The Morgan fingerprint density at radius 3 is 2.06 bits per heavy atom. The number of nitrogens with one attached hydrogen (secondary N) is 1. The molecule has 1 amide bonds. The van der Waals surface area contributed by atoms with Crippen LogP contribution in [0.25, 0.3) is 0 Å². The van der Waals surface area contributed by atoms with Crippen molar-refractivity contribution in [3.05, 3.63) is 71.6 Å². The summed E-state index contributed by atoms with van der Waals surface area (Å²) >= 11 is 0. The number of nitrogens with zero attached hydrogens (tertiary/aromatic N) is 5. The number of rotatable bonds is 8. The molecule has 8 heteroatoms. The minimum Gasteiger partial charge on any atom is -0.348 e. The highest BCUT2D eigenvalue weighted by Crippen LogP contribution is 2.40. The summed E-state index contributed by atoms with van der Waals surface area (Å²) in [4.78, 5) is 34.4. The molecule has 1 saturated heterocycles. The standard InChI is InChI=1S/C28H34N6O2/c1-31-15-17-34(18-16-31)20-23(21-9-5-4-6-10-21)30-27(36)14-13-26(35)22(19-29)28-32(2)24-11-7-8-12-25(24)33(28)3/h4-12,23H,13-18,20H2,1-3H3,(H,30,36). The molecule has 2 aromatic rings. The first kappa shape index (κ1) is 25.4. The molecule has 1 unspecified atom stereocenters. The smallest absolute Gasteiger partial charge is 0.220 e. The Morgan fingerprint density at radius 2 is 1.47 bits per heavy atom. The lowest BCUT2D eigenvalue weighted by atomic mass is 10.0. The molecule has 36 heavy (non-hydrogen) atoms. The number of allylic oxidation sites excluding steroid dienone is 1. The number of ketones is 1. The SMILES string of the molecule is CN1CCN(CC(NC(=O)CCC(=O)C(C#N)=C2N(C)c3ccccc3N2C)c2ccccc2)CC1. The molecular weight excluding hydrogens is 452 g/mol. The van der Waals surface area contributed by atoms with Gasteiger partial charge in [0.1, 0.15) is 17.5 Å². The maximum absolute atomic E-state index is 13.1. The van der Waals surface area contributed by atoms with E-state index in [-0.39, 0.29) is 36.1 Å². The molecule has 2 aromatic carbocycles. The molecule has 0 saturated carbocycles. The van der Waals surface area contributed by atoms with Gasteiger partial charge in [-0.1, -0.05) is 42.5 Å². The van der Waals surface area contributed by atoms with Gasteiger partial charge in [-0.15, -0.1) is 0 Å². The maximum atomic E-state index is 13.1. The van der Waals surface area contributed by atoms with Crippen LogP contribution in [-0.4, -0.2) is 75.4 Å². The lowest BCUT2D eigenvalue weighted by Gasteiger charge is -2.35. The van der Waals surface area contributed by atoms with Gasteiger partial charge < -0.3 is 20.0 Å². The number of para-hydroxylation sites is 2. The summed E-state index contributed by atoms with van der Waals surface area (Å²) < 4.78 is 0. The zero-order valence-electron chi connectivity index (χ0n) is 21.3. The minimum absolute atomic E-state index is 0.0216. The predicted octanol–water partition coefficient (Wildman–Crippen LogP) is 2.76. The predicted molar refractivity (Wildman–Crippen MR) is 141 cm³/mol. The molecule has 0 radical (unpaired) electrons. The molecule has 1 atom stereocenters. The van der Waals surface area contributed by atoms with Crippen LogP contribution in [0, 0.1) is 11.3 Å². The molecule has 2 heterocycles. The van der Waals surface area contributed by atoms with E-state index >= 15 is 0 Å². The van der Waals surface area contributed by atoms with Crippen molar-refractivity contribution in [1.29, 1.82) is 5.26 Å². The van der Waals surface area contributed by atoms with Crippen LogP contribution >= 0.6 is 0 Å². The van der Waals surface area contributed by atoms with E-state index in [0.29, 0.717) is 5.82 Å². The van der Waals surface area contributed by atoms with Gasteiger partial charge in [0.25, 0.3) is 0 Å². The quantitative estimate of drug-likeness (QED) is 0.454. The Morgan fingerprint density at radius 1 is 0.889 bits per heavy atom. The number of hydrogen-bond donors (Lipinski definition) is 1. The Kier molecular flexibility index (Phi) is 8.04. The number of nitriles is 1. The summed E-state index contributed by atoms with van der Waals surface area (Å²) in [5.74, 6) is 0.0239. The fourth-order valence-electron chi connectivity index (χ4n) is 4.88. The van der Waals surface area contributed by atoms with E-state index < -0.39 is 0 Å². The van der Waals surface area contributed by atoms with Crippen molar-refractivity contribution in [2.24, 2.45) is 0 Å². The van der Waals surface area contributed by atoms with Gasteiger partial charge in [-0.05, 0) is 24.7 Å². The summed E-state index contributed by atoms with van der Waals surface area (Å²) in [5, 5.41) is 13.0. The van der Waals surface area contributed by atoms with Crippen molar-refractivity contribution < 1.29 is 9.59 Å². The summed E-state index contributed by atoms with van der Waals surface area (Å²) in [7, 11) is 5.81. The number of carbonyl (C=O) groups is 2. The number of Topliss-reactive ketones (excluding diaryl/α,β-unsaturated/α-hetero) is 1. The minimum atomic E-state index is -0.329. The third kappa shape index (κ3) is 5.59. The van der Waals surface area contributed by atoms with Crippen LogP contribution in [0.5, 0.6) is 0 Å². The lowest BCUT2D eigenvalue weighted by Crippen LogP contribution is -2.47. The van der Waals surface area contributed by atoms with Crippen molar-refractivity contribution in [3.8, 4) is 6.07 Å². The summed E-state index contributed by atoms with van der Waals surface area (Å²) in [6.07, 6.45) is 0.00993. The number of carbonyl (C=O) groups excluding carboxylic acids is 2. The second-order valence-corrected chi connectivity index (χ2v) is 9.48. The topological polar surface area (TPSA) is 82.9 Å². The van der Waals surface area contributed by atoms with E-state index in [0.717, 1.165) is 49.7 Å². The monoisotopic (exact) mass is 486 g/mol. The van der Waals surface area contributed by atoms with Crippen LogP contribution in [0.3, 0.4) is 0 Å². The van der Waals surface area contributed by atoms with Gasteiger partial charge in [0.2, 0.25) is 5.91 Å². The van der Waals surface area contributed by atoms with Crippen molar-refractivity contribution in [1.82, 2.24) is 15.1 Å². The molecule has 0 spiro atoms. The first-order valence-electron chi connectivity index (χ1n) is 12.4. The van der Waals surface area contributed by atoms with E-state index in [1.165, 1.54) is 0 Å². The Balaban J connectivity index is 1.42. The number of amides is 1. The molecule has 2 aliphatic rings. The van der Waals surface area contributed by atoms with E-state index in [2.05, 4.69) is 28.2 Å². The molecule has 0 aromatic heterocycles. The zero-order chi connectivity index (χ0) is 25.7. The van der Waals surface area contributed by atoms with Crippen LogP contribution in [0.15, 0.2) is 66.0 Å². The van der Waals surface area contributed by atoms with Gasteiger partial charge in [-0.3, -0.25) is 14.5 Å². The summed E-state index contributed by atoms with van der Waals surface area (Å²) in [5.41, 5.74) is 2.98. The normalized spacial score (nSPS) is 16.9. The highest BCUT2D eigenvalue weighted by atomic mass is 16.2. The Bertz CT molecular complexity index is 1130. The maximum Gasteiger partial charge on any atom is 0.220 e. The summed E-state index contributed by atoms with van der Waals surface area (Å²) in [6.45, 7) is 4.64. The molecule has 8 nitrogen and oxygen atoms in total. The first-order chi connectivity index (χ1) is 17.4. The van der Waals surface area contributed by atoms with Crippen LogP contribution < -0.4 is 15.1 Å². The van der Waals surface area contributed by atoms with E-state index in [4.69, 9.17) is 0 Å². The van der Waals surface area contributed by atoms with Gasteiger partial charge in [-0.2, -0.15) is 5.26 Å². The molecule has 188 valence electrons. The first-order valence-corrected chi connectivity index (χ1v) is 12.4. The number of anilines is 2. The Hall–Kier alpha value is -3.67. The fraction of sp³-hybridized carbons (Fsp3) is 0.393. The van der Waals surface area contributed by atoms with Gasteiger partial charge in [0, 0.05) is 59.7 Å². The van der Waals surface area contributed by atoms with Crippen molar-refractivity contribution in [3.63, 3.8) is 0 Å². The van der Waals surface area contributed by atoms with Crippen molar-refractivity contribution >= 4 is 23.1 Å². The molecule has 0 bridgehead atoms. The molecule has 1 fully saturated rings. The van der Waals surface area contributed by atoms with Gasteiger partial charge in [0.15, 0.2) is 5.78 Å². The second-order valence-electron chi connectivity index (χ2n) is 9.48. The average molecular weight is 487 g/mol. The van der Waals surface area contributed by atoms with Crippen LogP contribution in [0.2, 0.25) is 0 Å². The molecule has 1 N–H and O–H groups in total. The third-order valence-corrected chi connectivity index (χ3v) is 7.01. The lowest BCUT2D eigenvalue weighted by molar-refractivity contribution is -0.124. The number of fused-ring (bicyclic) bond motifs is 1. The highest BCUT2D eigenvalue weighted by molar-refractivity contribution is 6.03. The Labute approximate surface area is 213 Å². The number of likely N-dealkylation sites (N-methyl/N-ethyl adjacent to an activating group) is 1. The van der Waals surface area contributed by atoms with E-state index in [1.54, 1.807) is 0 Å².